The maximum Gasteiger partial charge on any atom is 0.322 e. The van der Waals surface area contributed by atoms with E-state index in [0.29, 0.717) is 12.8 Å². The molecule has 0 rings (SSSR count). The number of carboxylic acid groups (broad SMARTS) is 1. The summed E-state index contributed by atoms with van der Waals surface area (Å²) in [4.78, 5) is 34.8. The van der Waals surface area contributed by atoms with E-state index in [9.17, 15) is 14.4 Å². The maximum atomic E-state index is 12.6. The molecule has 0 saturated carbocycles. The number of ether oxygens (including phenoxy) is 1. The Labute approximate surface area is 294 Å². The first-order valence-corrected chi connectivity index (χ1v) is 19.4. The van der Waals surface area contributed by atoms with E-state index in [0.717, 1.165) is 83.5 Å². The van der Waals surface area contributed by atoms with E-state index in [-0.39, 0.29) is 24.5 Å². The summed E-state index contributed by atoms with van der Waals surface area (Å²) < 4.78 is 5.89. The van der Waals surface area contributed by atoms with Crippen LogP contribution >= 0.6 is 0 Å². The molecule has 1 amide bonds. The van der Waals surface area contributed by atoms with Gasteiger partial charge in [-0.15, -0.1) is 0 Å². The summed E-state index contributed by atoms with van der Waals surface area (Å²) in [5.41, 5.74) is 0. The molecule has 0 aromatic heterocycles. The van der Waals surface area contributed by atoms with Gasteiger partial charge in [0.2, 0.25) is 5.91 Å². The number of nitrogens with one attached hydrogen (secondary N) is 1. The number of aliphatic carboxylic acids is 1. The molecule has 2 N–H and O–H groups in total. The lowest BCUT2D eigenvalue weighted by Gasteiger charge is -2.14. The zero-order valence-electron chi connectivity index (χ0n) is 30.8. The van der Waals surface area contributed by atoms with Crippen LogP contribution in [0.5, 0.6) is 0 Å². The molecule has 0 spiro atoms. The Balaban J connectivity index is 4.17. The molecule has 0 bridgehead atoms. The molecule has 1 atom stereocenters. The Kier molecular flexibility index (Phi) is 34.7. The molecule has 0 fully saturated rings. The molecular weight excluding hydrogens is 598 g/mol. The Morgan fingerprint density at radius 2 is 1.08 bits per heavy atom. The van der Waals surface area contributed by atoms with E-state index in [4.69, 9.17) is 9.84 Å². The quantitative estimate of drug-likeness (QED) is 0.0404. The molecule has 0 radical (unpaired) electrons. The van der Waals surface area contributed by atoms with Crippen LogP contribution in [-0.4, -0.2) is 35.6 Å². The molecule has 0 aromatic carbocycles. The van der Waals surface area contributed by atoms with Crippen molar-refractivity contribution in [3.63, 3.8) is 0 Å². The standard InChI is InChI=1S/C42H71NO5/c1-3-5-7-9-11-13-14-15-16-17-18-19-20-21-23-29-33-37-42(47)48-39(34-30-26-22-12-10-8-6-4-2)35-31-27-24-25-28-32-36-40(44)43-38-41(45)46/h6,8,11-13,15-16,22,30,34,39H,3-5,7,9-10,14,17-21,23-29,31-33,35-38H2,1-2H3,(H,43,44)(H,45,46)/b8-6-,13-11-,16-15-,22-12-,34-30-. The normalized spacial score (nSPS) is 12.7. The van der Waals surface area contributed by atoms with Gasteiger partial charge in [0.1, 0.15) is 12.6 Å². The molecule has 1 unspecified atom stereocenters. The smallest absolute Gasteiger partial charge is 0.322 e. The van der Waals surface area contributed by atoms with Crippen LogP contribution in [0.25, 0.3) is 0 Å². The fourth-order valence-corrected chi connectivity index (χ4v) is 5.30. The zero-order valence-corrected chi connectivity index (χ0v) is 30.8. The van der Waals surface area contributed by atoms with Crippen molar-refractivity contribution in [3.05, 3.63) is 60.8 Å². The van der Waals surface area contributed by atoms with Crippen molar-refractivity contribution >= 4 is 17.8 Å². The summed E-state index contributed by atoms with van der Waals surface area (Å²) in [5, 5.41) is 11.0. The number of unbranched alkanes of at least 4 members (excludes halogenated alkanes) is 15. The summed E-state index contributed by atoms with van der Waals surface area (Å²) in [6.07, 6.45) is 47.9. The van der Waals surface area contributed by atoms with Crippen LogP contribution < -0.4 is 5.32 Å². The lowest BCUT2D eigenvalue weighted by Crippen LogP contribution is -2.28. The van der Waals surface area contributed by atoms with Gasteiger partial charge >= 0.3 is 11.9 Å². The summed E-state index contributed by atoms with van der Waals surface area (Å²) >= 11 is 0. The summed E-state index contributed by atoms with van der Waals surface area (Å²) in [7, 11) is 0. The minimum atomic E-state index is -1.02. The number of hydrogen-bond donors (Lipinski definition) is 2. The Bertz CT molecular complexity index is 917. The van der Waals surface area contributed by atoms with E-state index in [1.807, 2.05) is 0 Å². The van der Waals surface area contributed by atoms with Gasteiger partial charge in [-0.3, -0.25) is 14.4 Å². The van der Waals surface area contributed by atoms with Gasteiger partial charge < -0.3 is 15.2 Å². The fraction of sp³-hybridized carbons (Fsp3) is 0.690. The van der Waals surface area contributed by atoms with Crippen LogP contribution in [0.3, 0.4) is 0 Å². The highest BCUT2D eigenvalue weighted by molar-refractivity contribution is 5.80. The lowest BCUT2D eigenvalue weighted by molar-refractivity contribution is -0.147. The topological polar surface area (TPSA) is 92.7 Å². The van der Waals surface area contributed by atoms with E-state index in [1.54, 1.807) is 0 Å². The van der Waals surface area contributed by atoms with Crippen LogP contribution in [0.1, 0.15) is 174 Å². The van der Waals surface area contributed by atoms with Crippen molar-refractivity contribution in [1.82, 2.24) is 5.32 Å². The average molecular weight is 670 g/mol. The molecule has 0 aliphatic heterocycles. The second-order valence-electron chi connectivity index (χ2n) is 12.8. The number of amides is 1. The van der Waals surface area contributed by atoms with Crippen molar-refractivity contribution in [2.24, 2.45) is 0 Å². The van der Waals surface area contributed by atoms with Gasteiger partial charge in [0, 0.05) is 12.8 Å². The van der Waals surface area contributed by atoms with Crippen LogP contribution in [0, 0.1) is 0 Å². The van der Waals surface area contributed by atoms with E-state index in [1.165, 1.54) is 64.2 Å². The van der Waals surface area contributed by atoms with Gasteiger partial charge in [-0.1, -0.05) is 139 Å². The fourth-order valence-electron chi connectivity index (χ4n) is 5.30. The van der Waals surface area contributed by atoms with Gasteiger partial charge in [0.25, 0.3) is 0 Å². The molecule has 0 aromatic rings. The molecule has 0 aliphatic carbocycles. The first-order valence-electron chi connectivity index (χ1n) is 19.4. The molecule has 0 aliphatic rings. The predicted molar refractivity (Wildman–Crippen MR) is 203 cm³/mol. The first kappa shape index (κ1) is 45.1. The summed E-state index contributed by atoms with van der Waals surface area (Å²) in [6.45, 7) is 4.06. The summed E-state index contributed by atoms with van der Waals surface area (Å²) in [6, 6.07) is 0. The maximum absolute atomic E-state index is 12.6. The van der Waals surface area contributed by atoms with Crippen LogP contribution in [0.2, 0.25) is 0 Å². The Morgan fingerprint density at radius 3 is 1.69 bits per heavy atom. The largest absolute Gasteiger partial charge is 0.480 e. The number of rotatable bonds is 34. The highest BCUT2D eigenvalue weighted by Gasteiger charge is 2.11. The minimum Gasteiger partial charge on any atom is -0.480 e. The number of esters is 1. The number of hydrogen-bond acceptors (Lipinski definition) is 4. The van der Waals surface area contributed by atoms with Crippen molar-refractivity contribution in [2.75, 3.05) is 6.54 Å². The molecule has 274 valence electrons. The molecule has 0 heterocycles. The van der Waals surface area contributed by atoms with Gasteiger partial charge in [0.15, 0.2) is 0 Å². The SMILES string of the molecule is CC/C=C\C/C=C\C/C=C\C(CCCCCCCCC(=O)NCC(=O)O)OC(=O)CCCCCCCCC/C=C\C/C=C\CCCCC. The van der Waals surface area contributed by atoms with Gasteiger partial charge in [0.05, 0.1) is 0 Å². The van der Waals surface area contributed by atoms with E-state index < -0.39 is 5.97 Å². The summed E-state index contributed by atoms with van der Waals surface area (Å²) in [5.74, 6) is -1.31. The molecule has 6 nitrogen and oxygen atoms in total. The van der Waals surface area contributed by atoms with Crippen molar-refractivity contribution in [3.8, 4) is 0 Å². The number of carboxylic acids is 1. The highest BCUT2D eigenvalue weighted by atomic mass is 16.5. The molecule has 0 saturated heterocycles. The predicted octanol–water partition coefficient (Wildman–Crippen LogP) is 11.7. The average Bonchev–Trinajstić information content (AvgIpc) is 3.07. The van der Waals surface area contributed by atoms with E-state index in [2.05, 4.69) is 79.9 Å². The third-order valence-corrected chi connectivity index (χ3v) is 8.16. The highest BCUT2D eigenvalue weighted by Crippen LogP contribution is 2.15. The first-order chi connectivity index (χ1) is 23.5. The van der Waals surface area contributed by atoms with Crippen molar-refractivity contribution in [1.29, 1.82) is 0 Å². The zero-order chi connectivity index (χ0) is 35.2. The number of allylic oxidation sites excluding steroid dienone is 9. The van der Waals surface area contributed by atoms with Crippen molar-refractivity contribution in [2.45, 2.75) is 180 Å². The number of carbonyl (C=O) groups excluding carboxylic acids is 2. The molecule has 6 heteroatoms. The van der Waals surface area contributed by atoms with Crippen LogP contribution in [0.15, 0.2) is 60.8 Å². The van der Waals surface area contributed by atoms with Crippen LogP contribution in [-0.2, 0) is 19.1 Å². The number of carbonyl (C=O) groups is 3. The van der Waals surface area contributed by atoms with Crippen LogP contribution in [0.4, 0.5) is 0 Å². The molecular formula is C42H71NO5. The Hall–Kier alpha value is -2.89. The van der Waals surface area contributed by atoms with E-state index >= 15 is 0 Å². The minimum absolute atomic E-state index is 0.0892. The third-order valence-electron chi connectivity index (χ3n) is 8.16. The van der Waals surface area contributed by atoms with Gasteiger partial charge in [-0.2, -0.15) is 0 Å². The third kappa shape index (κ3) is 36.0. The second kappa shape index (κ2) is 36.9. The monoisotopic (exact) mass is 670 g/mol. The Morgan fingerprint density at radius 1 is 0.583 bits per heavy atom. The van der Waals surface area contributed by atoms with Gasteiger partial charge in [-0.05, 0) is 83.1 Å². The molecule has 48 heavy (non-hydrogen) atoms. The van der Waals surface area contributed by atoms with Crippen molar-refractivity contribution < 1.29 is 24.2 Å². The lowest BCUT2D eigenvalue weighted by atomic mass is 10.1. The van der Waals surface area contributed by atoms with Gasteiger partial charge in [-0.25, -0.2) is 0 Å². The second-order valence-corrected chi connectivity index (χ2v) is 12.8.